The molecule has 1 N–H and O–H groups in total. The maximum atomic E-state index is 12.2. The third kappa shape index (κ3) is 3.95. The van der Waals surface area contributed by atoms with Gasteiger partial charge in [0.2, 0.25) is 0 Å². The van der Waals surface area contributed by atoms with E-state index in [0.717, 1.165) is 38.8 Å². The summed E-state index contributed by atoms with van der Waals surface area (Å²) in [6.07, 6.45) is 3.36. The maximum absolute atomic E-state index is 12.2. The maximum Gasteiger partial charge on any atom is 0.312 e. The number of carbonyl (C=O) groups is 1. The molecule has 0 unspecified atom stereocenters. The lowest BCUT2D eigenvalue weighted by Crippen LogP contribution is -2.43. The monoisotopic (exact) mass is 257 g/mol. The molecule has 0 spiro atoms. The van der Waals surface area contributed by atoms with Gasteiger partial charge in [-0.15, -0.1) is 0 Å². The van der Waals surface area contributed by atoms with E-state index in [-0.39, 0.29) is 17.0 Å². The average molecular weight is 257 g/mol. The number of nitrogens with one attached hydrogen (secondary N) is 1. The number of methoxy groups -OCH3 is 1. The highest BCUT2D eigenvalue weighted by Gasteiger charge is 2.39. The first-order chi connectivity index (χ1) is 8.46. The zero-order valence-corrected chi connectivity index (χ0v) is 12.2. The van der Waals surface area contributed by atoms with Crippen molar-refractivity contribution in [1.29, 1.82) is 0 Å². The smallest absolute Gasteiger partial charge is 0.312 e. The third-order valence-corrected chi connectivity index (χ3v) is 4.16. The molecule has 0 saturated carbocycles. The van der Waals surface area contributed by atoms with Gasteiger partial charge in [-0.05, 0) is 46.2 Å². The average Bonchev–Trinajstić information content (AvgIpc) is 2.39. The second kappa shape index (κ2) is 6.53. The van der Waals surface area contributed by atoms with Crippen molar-refractivity contribution in [2.75, 3.05) is 26.8 Å². The Hall–Kier alpha value is -0.610. The zero-order valence-electron chi connectivity index (χ0n) is 12.2. The van der Waals surface area contributed by atoms with Crippen molar-refractivity contribution in [1.82, 2.24) is 5.32 Å². The highest BCUT2D eigenvalue weighted by molar-refractivity contribution is 5.77. The van der Waals surface area contributed by atoms with E-state index in [2.05, 4.69) is 12.2 Å². The van der Waals surface area contributed by atoms with Crippen LogP contribution < -0.4 is 5.32 Å². The fourth-order valence-electron chi connectivity index (χ4n) is 2.25. The molecular formula is C14H27NO3. The van der Waals surface area contributed by atoms with Crippen LogP contribution in [-0.4, -0.2) is 38.4 Å². The Kier molecular flexibility index (Phi) is 5.60. The van der Waals surface area contributed by atoms with E-state index in [4.69, 9.17) is 9.47 Å². The van der Waals surface area contributed by atoms with Gasteiger partial charge in [0, 0.05) is 13.5 Å². The summed E-state index contributed by atoms with van der Waals surface area (Å²) in [5, 5.41) is 3.29. The number of rotatable bonds is 6. The molecule has 0 aromatic carbocycles. The van der Waals surface area contributed by atoms with Crippen LogP contribution in [0, 0.1) is 5.41 Å². The molecule has 0 aromatic rings. The minimum atomic E-state index is -0.261. The van der Waals surface area contributed by atoms with Crippen molar-refractivity contribution in [3.63, 3.8) is 0 Å². The Morgan fingerprint density at radius 3 is 2.44 bits per heavy atom. The van der Waals surface area contributed by atoms with Gasteiger partial charge in [0.05, 0.1) is 17.6 Å². The van der Waals surface area contributed by atoms with Crippen LogP contribution in [0.1, 0.15) is 46.5 Å². The van der Waals surface area contributed by atoms with Gasteiger partial charge in [0.1, 0.15) is 0 Å². The third-order valence-electron chi connectivity index (χ3n) is 4.16. The number of hydrogen-bond acceptors (Lipinski definition) is 4. The van der Waals surface area contributed by atoms with E-state index in [1.807, 2.05) is 13.8 Å². The summed E-state index contributed by atoms with van der Waals surface area (Å²) in [7, 11) is 1.68. The van der Waals surface area contributed by atoms with E-state index < -0.39 is 0 Å². The molecule has 0 radical (unpaired) electrons. The first-order valence-electron chi connectivity index (χ1n) is 6.89. The predicted octanol–water partition coefficient (Wildman–Crippen LogP) is 2.12. The summed E-state index contributed by atoms with van der Waals surface area (Å²) < 4.78 is 10.8. The van der Waals surface area contributed by atoms with Gasteiger partial charge in [0.15, 0.2) is 0 Å². The fraction of sp³-hybridized carbons (Fsp3) is 0.929. The lowest BCUT2D eigenvalue weighted by Gasteiger charge is -2.34. The van der Waals surface area contributed by atoms with Crippen LogP contribution >= 0.6 is 0 Å². The van der Waals surface area contributed by atoms with Gasteiger partial charge in [-0.3, -0.25) is 4.79 Å². The summed E-state index contributed by atoms with van der Waals surface area (Å²) in [5.41, 5.74) is -0.490. The summed E-state index contributed by atoms with van der Waals surface area (Å²) >= 11 is 0. The second-order valence-electron chi connectivity index (χ2n) is 5.73. The number of esters is 1. The zero-order chi connectivity index (χ0) is 13.6. The van der Waals surface area contributed by atoms with Crippen LogP contribution in [0.25, 0.3) is 0 Å². The van der Waals surface area contributed by atoms with E-state index in [1.54, 1.807) is 7.11 Å². The van der Waals surface area contributed by atoms with Crippen molar-refractivity contribution in [3.8, 4) is 0 Å². The van der Waals surface area contributed by atoms with Gasteiger partial charge in [-0.2, -0.15) is 0 Å². The number of ether oxygens (including phenoxy) is 2. The quantitative estimate of drug-likeness (QED) is 0.740. The van der Waals surface area contributed by atoms with E-state index in [9.17, 15) is 4.79 Å². The molecule has 4 nitrogen and oxygen atoms in total. The molecule has 1 heterocycles. The molecule has 0 aliphatic carbocycles. The van der Waals surface area contributed by atoms with E-state index >= 15 is 0 Å². The lowest BCUT2D eigenvalue weighted by atomic mass is 9.77. The van der Waals surface area contributed by atoms with Crippen LogP contribution in [0.5, 0.6) is 0 Å². The van der Waals surface area contributed by atoms with Gasteiger partial charge in [-0.25, -0.2) is 0 Å². The van der Waals surface area contributed by atoms with Gasteiger partial charge < -0.3 is 14.8 Å². The molecule has 1 aliphatic rings. The molecule has 1 saturated heterocycles. The van der Waals surface area contributed by atoms with Crippen molar-refractivity contribution >= 4 is 5.97 Å². The van der Waals surface area contributed by atoms with Gasteiger partial charge in [0.25, 0.3) is 0 Å². The molecule has 1 aliphatic heterocycles. The minimum absolute atomic E-state index is 0.0293. The van der Waals surface area contributed by atoms with E-state index in [1.165, 1.54) is 0 Å². The Balaban J connectivity index is 2.43. The first-order valence-corrected chi connectivity index (χ1v) is 6.89. The summed E-state index contributed by atoms with van der Waals surface area (Å²) in [6, 6.07) is 0. The highest BCUT2D eigenvalue weighted by atomic mass is 16.5. The largest absolute Gasteiger partial charge is 0.465 e. The fourth-order valence-corrected chi connectivity index (χ4v) is 2.25. The molecular weight excluding hydrogens is 230 g/mol. The molecule has 1 fully saturated rings. The molecule has 106 valence electrons. The Labute approximate surface area is 110 Å². The van der Waals surface area contributed by atoms with Crippen molar-refractivity contribution in [3.05, 3.63) is 0 Å². The topological polar surface area (TPSA) is 47.6 Å². The summed E-state index contributed by atoms with van der Waals surface area (Å²) in [6.45, 7) is 8.33. The van der Waals surface area contributed by atoms with E-state index in [0.29, 0.717) is 6.61 Å². The highest BCUT2D eigenvalue weighted by Crippen LogP contribution is 2.34. The van der Waals surface area contributed by atoms with Crippen LogP contribution in [0.4, 0.5) is 0 Å². The standard InChI is InChI=1S/C14H27NO3/c1-5-14(6-9-15-10-7-14)12(16)18-11-8-13(2,3)17-4/h15H,5-11H2,1-4H3. The Morgan fingerprint density at radius 2 is 1.94 bits per heavy atom. The minimum Gasteiger partial charge on any atom is -0.465 e. The van der Waals surface area contributed by atoms with Crippen LogP contribution in [0.15, 0.2) is 0 Å². The SMILES string of the molecule is CCC1(C(=O)OCCC(C)(C)OC)CCNCC1. The Morgan fingerprint density at radius 1 is 1.33 bits per heavy atom. The number of piperidine rings is 1. The van der Waals surface area contributed by atoms with Crippen molar-refractivity contribution in [2.24, 2.45) is 5.41 Å². The normalized spacial score (nSPS) is 19.6. The molecule has 0 aromatic heterocycles. The molecule has 4 heteroatoms. The van der Waals surface area contributed by atoms with Crippen LogP contribution in [-0.2, 0) is 14.3 Å². The number of hydrogen-bond donors (Lipinski definition) is 1. The molecule has 0 amide bonds. The van der Waals surface area contributed by atoms with Gasteiger partial charge >= 0.3 is 5.97 Å². The summed E-state index contributed by atoms with van der Waals surface area (Å²) in [5.74, 6) is -0.0293. The first kappa shape index (κ1) is 15.4. The second-order valence-corrected chi connectivity index (χ2v) is 5.73. The lowest BCUT2D eigenvalue weighted by molar-refractivity contribution is -0.159. The summed E-state index contributed by atoms with van der Waals surface area (Å²) in [4.78, 5) is 12.2. The predicted molar refractivity (Wildman–Crippen MR) is 71.5 cm³/mol. The number of carbonyl (C=O) groups excluding carboxylic acids is 1. The van der Waals surface area contributed by atoms with Gasteiger partial charge in [-0.1, -0.05) is 6.92 Å². The molecule has 0 bridgehead atoms. The van der Waals surface area contributed by atoms with Crippen LogP contribution in [0.3, 0.4) is 0 Å². The van der Waals surface area contributed by atoms with Crippen molar-refractivity contribution < 1.29 is 14.3 Å². The van der Waals surface area contributed by atoms with Crippen molar-refractivity contribution in [2.45, 2.75) is 52.1 Å². The molecule has 0 atom stereocenters. The molecule has 1 rings (SSSR count). The van der Waals surface area contributed by atoms with Crippen LogP contribution in [0.2, 0.25) is 0 Å². The Bertz CT molecular complexity index is 270. The molecule has 18 heavy (non-hydrogen) atoms.